The molecule has 0 aliphatic heterocycles. The summed E-state index contributed by atoms with van der Waals surface area (Å²) in [6.07, 6.45) is 4.37. The van der Waals surface area contributed by atoms with Crippen molar-refractivity contribution in [2.75, 3.05) is 11.9 Å². The third-order valence-corrected chi connectivity index (χ3v) is 6.67. The Hall–Kier alpha value is -2.90. The van der Waals surface area contributed by atoms with Crippen LogP contribution in [0, 0.1) is 5.92 Å². The first kappa shape index (κ1) is 25.2. The highest BCUT2D eigenvalue weighted by atomic mass is 35.5. The zero-order valence-corrected chi connectivity index (χ0v) is 20.4. The van der Waals surface area contributed by atoms with Crippen molar-refractivity contribution in [1.29, 1.82) is 0 Å². The zero-order valence-electron chi connectivity index (χ0n) is 18.8. The Kier molecular flexibility index (Phi) is 7.47. The van der Waals surface area contributed by atoms with Crippen LogP contribution < -0.4 is 10.5 Å². The summed E-state index contributed by atoms with van der Waals surface area (Å²) in [6.45, 7) is 1.73. The Morgan fingerprint density at radius 3 is 2.91 bits per heavy atom. The minimum absolute atomic E-state index is 0.142. The van der Waals surface area contributed by atoms with Gasteiger partial charge in [-0.2, -0.15) is 13.5 Å². The van der Waals surface area contributed by atoms with Crippen molar-refractivity contribution in [3.8, 4) is 0 Å². The number of nitrogens with zero attached hydrogens (tertiary/aromatic N) is 4. The number of halogens is 1. The summed E-state index contributed by atoms with van der Waals surface area (Å²) < 4.78 is 28.4. The molecule has 0 radical (unpaired) electrons. The Morgan fingerprint density at radius 2 is 2.17 bits per heavy atom. The minimum Gasteiger partial charge on any atom is -0.393 e. The molecular weight excluding hydrogens is 496 g/mol. The second-order valence-electron chi connectivity index (χ2n) is 8.44. The maximum Gasteiger partial charge on any atom is 0.333 e. The Bertz CT molecular complexity index is 1320. The average Bonchev–Trinajstić information content (AvgIpc) is 3.43. The lowest BCUT2D eigenvalue weighted by molar-refractivity contribution is 0.101. The predicted octanol–water partition coefficient (Wildman–Crippen LogP) is 1.94. The highest BCUT2D eigenvalue weighted by Crippen LogP contribution is 2.30. The van der Waals surface area contributed by atoms with Crippen molar-refractivity contribution in [3.05, 3.63) is 70.9 Å². The fourth-order valence-electron chi connectivity index (χ4n) is 4.12. The molecule has 35 heavy (non-hydrogen) atoms. The highest BCUT2D eigenvalue weighted by molar-refractivity contribution is 7.84. The highest BCUT2D eigenvalue weighted by Gasteiger charge is 2.35. The molecule has 186 valence electrons. The van der Waals surface area contributed by atoms with Crippen LogP contribution in [0.4, 0.5) is 5.82 Å². The molecule has 1 aromatic carbocycles. The fraction of sp³-hybridized carbons (Fsp3) is 0.364. The van der Waals surface area contributed by atoms with Crippen molar-refractivity contribution < 1.29 is 22.5 Å². The molecule has 2 heterocycles. The van der Waals surface area contributed by atoms with Gasteiger partial charge in [-0.15, -0.1) is 0 Å². The third-order valence-electron chi connectivity index (χ3n) is 5.97. The van der Waals surface area contributed by atoms with E-state index in [1.165, 1.54) is 12.5 Å². The van der Waals surface area contributed by atoms with Crippen LogP contribution in [0.3, 0.4) is 0 Å². The van der Waals surface area contributed by atoms with Gasteiger partial charge in [0.2, 0.25) is 5.78 Å². The van der Waals surface area contributed by atoms with Crippen LogP contribution in [-0.2, 0) is 14.5 Å². The van der Waals surface area contributed by atoms with Crippen molar-refractivity contribution in [1.82, 2.24) is 19.7 Å². The van der Waals surface area contributed by atoms with Crippen LogP contribution in [0.25, 0.3) is 0 Å². The van der Waals surface area contributed by atoms with E-state index in [-0.39, 0.29) is 35.7 Å². The van der Waals surface area contributed by atoms with E-state index < -0.39 is 22.3 Å². The molecule has 13 heteroatoms. The summed E-state index contributed by atoms with van der Waals surface area (Å²) in [4.78, 5) is 21.4. The van der Waals surface area contributed by atoms with Crippen LogP contribution >= 0.6 is 11.6 Å². The van der Waals surface area contributed by atoms with Crippen LogP contribution in [0.2, 0.25) is 5.02 Å². The SMILES string of the molecule is C[C@@H](c1cccc(Cl)c1)n1ccc(C(=O)c2cncnc2N[C@@H]2C[C@H](COS(N)(=O)=O)[C@@H](O)C2)n1. The second kappa shape index (κ2) is 10.4. The van der Waals surface area contributed by atoms with Gasteiger partial charge in [0.05, 0.1) is 24.3 Å². The quantitative estimate of drug-likeness (QED) is 0.358. The number of anilines is 1. The van der Waals surface area contributed by atoms with Gasteiger partial charge in [0, 0.05) is 29.4 Å². The summed E-state index contributed by atoms with van der Waals surface area (Å²) in [6, 6.07) is 8.65. The van der Waals surface area contributed by atoms with Gasteiger partial charge in [-0.05, 0) is 43.5 Å². The molecule has 4 rings (SSSR count). The first-order chi connectivity index (χ1) is 16.6. The van der Waals surface area contributed by atoms with Gasteiger partial charge in [0.15, 0.2) is 0 Å². The molecule has 1 saturated carbocycles. The summed E-state index contributed by atoms with van der Waals surface area (Å²) in [5.74, 6) is -0.499. The monoisotopic (exact) mass is 520 g/mol. The molecule has 4 atom stereocenters. The first-order valence-corrected chi connectivity index (χ1v) is 12.7. The van der Waals surface area contributed by atoms with Gasteiger partial charge >= 0.3 is 10.3 Å². The van der Waals surface area contributed by atoms with E-state index >= 15 is 0 Å². The number of ketones is 1. The van der Waals surface area contributed by atoms with Crippen molar-refractivity contribution in [2.45, 2.75) is 38.0 Å². The van der Waals surface area contributed by atoms with E-state index in [0.717, 1.165) is 5.56 Å². The van der Waals surface area contributed by atoms with Gasteiger partial charge in [0.1, 0.15) is 17.8 Å². The van der Waals surface area contributed by atoms with Crippen LogP contribution in [0.1, 0.15) is 47.4 Å². The van der Waals surface area contributed by atoms with Gasteiger partial charge in [0.25, 0.3) is 0 Å². The lowest BCUT2D eigenvalue weighted by Crippen LogP contribution is -2.24. The van der Waals surface area contributed by atoms with E-state index in [4.69, 9.17) is 16.7 Å². The van der Waals surface area contributed by atoms with E-state index in [0.29, 0.717) is 23.7 Å². The summed E-state index contributed by atoms with van der Waals surface area (Å²) in [5, 5.41) is 23.4. The summed E-state index contributed by atoms with van der Waals surface area (Å²) in [5.41, 5.74) is 1.40. The lowest BCUT2D eigenvalue weighted by atomic mass is 10.1. The van der Waals surface area contributed by atoms with Gasteiger partial charge < -0.3 is 10.4 Å². The molecular formula is C22H25ClN6O5S. The van der Waals surface area contributed by atoms with Gasteiger partial charge in [-0.25, -0.2) is 15.1 Å². The van der Waals surface area contributed by atoms with E-state index in [9.17, 15) is 18.3 Å². The predicted molar refractivity (Wildman–Crippen MR) is 128 cm³/mol. The molecule has 0 unspecified atom stereocenters. The molecule has 4 N–H and O–H groups in total. The van der Waals surface area contributed by atoms with Crippen LogP contribution in [-0.4, -0.2) is 57.8 Å². The number of nitrogens with two attached hydrogens (primary N) is 1. The first-order valence-electron chi connectivity index (χ1n) is 10.9. The van der Waals surface area contributed by atoms with Crippen LogP contribution in [0.15, 0.2) is 49.1 Å². The average molecular weight is 521 g/mol. The number of aliphatic hydroxyl groups excluding tert-OH is 1. The third kappa shape index (κ3) is 6.21. The van der Waals surface area contributed by atoms with E-state index in [2.05, 4.69) is 24.6 Å². The molecule has 2 aromatic heterocycles. The van der Waals surface area contributed by atoms with E-state index in [1.807, 2.05) is 25.1 Å². The molecule has 11 nitrogen and oxygen atoms in total. The smallest absolute Gasteiger partial charge is 0.333 e. The summed E-state index contributed by atoms with van der Waals surface area (Å²) >= 11 is 6.10. The maximum atomic E-state index is 13.2. The lowest BCUT2D eigenvalue weighted by Gasteiger charge is -2.15. The number of benzene rings is 1. The Labute approximate surface area is 207 Å². The minimum atomic E-state index is -4.10. The molecule has 0 spiro atoms. The molecule has 0 bridgehead atoms. The molecule has 3 aromatic rings. The Balaban J connectivity index is 1.47. The number of aromatic nitrogens is 4. The van der Waals surface area contributed by atoms with Gasteiger partial charge in [-0.3, -0.25) is 13.7 Å². The number of rotatable bonds is 9. The normalized spacial score (nSPS) is 21.1. The zero-order chi connectivity index (χ0) is 25.2. The van der Waals surface area contributed by atoms with E-state index in [1.54, 1.807) is 23.0 Å². The van der Waals surface area contributed by atoms with Gasteiger partial charge in [-0.1, -0.05) is 23.7 Å². The second-order valence-corrected chi connectivity index (χ2v) is 10.1. The number of aliphatic hydroxyl groups is 1. The molecule has 0 amide bonds. The van der Waals surface area contributed by atoms with Crippen LogP contribution in [0.5, 0.6) is 0 Å². The van der Waals surface area contributed by atoms with Crippen molar-refractivity contribution in [3.63, 3.8) is 0 Å². The standard InChI is InChI=1S/C22H25ClN6O5S/c1-13(14-3-2-4-16(23)7-14)29-6-5-19(28-29)21(31)18-10-25-12-26-22(18)27-17-8-15(20(30)9-17)11-34-35(24,32)33/h2-7,10,12-13,15,17,20,30H,8-9,11H2,1H3,(H2,24,32,33)(H,25,26,27)/t13-,15+,17+,20-/m0/s1. The van der Waals surface area contributed by atoms with Crippen molar-refractivity contribution in [2.24, 2.45) is 11.1 Å². The number of carbonyl (C=O) groups is 1. The number of hydrogen-bond donors (Lipinski definition) is 3. The number of hydrogen-bond acceptors (Lipinski definition) is 9. The summed E-state index contributed by atoms with van der Waals surface area (Å²) in [7, 11) is -4.10. The number of nitrogens with one attached hydrogen (secondary N) is 1. The molecule has 1 aliphatic rings. The molecule has 1 aliphatic carbocycles. The fourth-order valence-corrected chi connectivity index (χ4v) is 4.68. The largest absolute Gasteiger partial charge is 0.393 e. The van der Waals surface area contributed by atoms with Crippen molar-refractivity contribution >= 4 is 33.5 Å². The molecule has 1 fully saturated rings. The molecule has 0 saturated heterocycles. The number of carbonyl (C=O) groups excluding carboxylic acids is 1. The topological polar surface area (TPSA) is 162 Å². The maximum absolute atomic E-state index is 13.2. The Morgan fingerprint density at radius 1 is 1.37 bits per heavy atom.